The van der Waals surface area contributed by atoms with Crippen molar-refractivity contribution in [1.29, 1.82) is 5.26 Å². The SMILES string of the molecule is Cc1ccc(F)c(Nc2ccc(C#N)cc2Cl)c1F. The number of anilines is 2. The molecule has 0 saturated carbocycles. The van der Waals surface area contributed by atoms with Gasteiger partial charge in [-0.25, -0.2) is 8.78 Å². The van der Waals surface area contributed by atoms with Gasteiger partial charge >= 0.3 is 0 Å². The van der Waals surface area contributed by atoms with Crippen LogP contribution in [0.1, 0.15) is 11.1 Å². The summed E-state index contributed by atoms with van der Waals surface area (Å²) < 4.78 is 27.4. The van der Waals surface area contributed by atoms with Crippen molar-refractivity contribution in [1.82, 2.24) is 0 Å². The first-order chi connectivity index (χ1) is 9.02. The fourth-order valence-electron chi connectivity index (χ4n) is 1.59. The molecule has 0 radical (unpaired) electrons. The molecule has 2 nitrogen and oxygen atoms in total. The molecule has 0 aliphatic carbocycles. The summed E-state index contributed by atoms with van der Waals surface area (Å²) in [5.41, 5.74) is 0.782. The predicted octanol–water partition coefficient (Wildman–Crippen LogP) is 4.54. The summed E-state index contributed by atoms with van der Waals surface area (Å²) in [5.74, 6) is -1.37. The van der Waals surface area contributed by atoms with E-state index in [0.29, 0.717) is 16.8 Å². The van der Waals surface area contributed by atoms with Gasteiger partial charge in [-0.2, -0.15) is 5.26 Å². The van der Waals surface area contributed by atoms with E-state index in [1.165, 1.54) is 30.3 Å². The lowest BCUT2D eigenvalue weighted by Gasteiger charge is -2.11. The van der Waals surface area contributed by atoms with Crippen LogP contribution in [-0.4, -0.2) is 0 Å². The topological polar surface area (TPSA) is 35.8 Å². The van der Waals surface area contributed by atoms with Crippen molar-refractivity contribution in [3.63, 3.8) is 0 Å². The summed E-state index contributed by atoms with van der Waals surface area (Å²) in [7, 11) is 0. The highest BCUT2D eigenvalue weighted by molar-refractivity contribution is 6.33. The number of hydrogen-bond donors (Lipinski definition) is 1. The standard InChI is InChI=1S/C14H9ClF2N2/c1-8-2-4-11(16)14(13(8)17)19-12-5-3-9(7-18)6-10(12)15/h2-6,19H,1H3. The van der Waals surface area contributed by atoms with Crippen molar-refractivity contribution < 1.29 is 8.78 Å². The normalized spacial score (nSPS) is 10.1. The van der Waals surface area contributed by atoms with E-state index in [9.17, 15) is 8.78 Å². The second-order valence-corrected chi connectivity index (χ2v) is 4.39. The van der Waals surface area contributed by atoms with E-state index >= 15 is 0 Å². The Kier molecular flexibility index (Phi) is 3.68. The monoisotopic (exact) mass is 278 g/mol. The Balaban J connectivity index is 2.42. The summed E-state index contributed by atoms with van der Waals surface area (Å²) in [5, 5.41) is 11.5. The molecule has 0 aromatic heterocycles. The maximum absolute atomic E-state index is 13.8. The van der Waals surface area contributed by atoms with Crippen molar-refractivity contribution in [2.75, 3.05) is 5.32 Å². The van der Waals surface area contributed by atoms with Crippen LogP contribution in [0.4, 0.5) is 20.2 Å². The average Bonchev–Trinajstić information content (AvgIpc) is 2.40. The van der Waals surface area contributed by atoms with Gasteiger partial charge in [0.2, 0.25) is 0 Å². The number of halogens is 3. The highest BCUT2D eigenvalue weighted by Crippen LogP contribution is 2.30. The molecule has 0 bridgehead atoms. The molecule has 5 heteroatoms. The van der Waals surface area contributed by atoms with Gasteiger partial charge in [0.15, 0.2) is 5.82 Å². The lowest BCUT2D eigenvalue weighted by molar-refractivity contribution is 0.585. The molecular weight excluding hydrogens is 270 g/mol. The lowest BCUT2D eigenvalue weighted by Crippen LogP contribution is -2.00. The van der Waals surface area contributed by atoms with Crippen LogP contribution >= 0.6 is 11.6 Å². The zero-order chi connectivity index (χ0) is 14.0. The van der Waals surface area contributed by atoms with Gasteiger partial charge in [-0.1, -0.05) is 17.7 Å². The number of hydrogen-bond acceptors (Lipinski definition) is 2. The Morgan fingerprint density at radius 2 is 1.95 bits per heavy atom. The van der Waals surface area contributed by atoms with E-state index in [2.05, 4.69) is 5.32 Å². The first-order valence-electron chi connectivity index (χ1n) is 5.44. The number of rotatable bonds is 2. The van der Waals surface area contributed by atoms with Crippen molar-refractivity contribution in [3.8, 4) is 6.07 Å². The Morgan fingerprint density at radius 1 is 1.21 bits per heavy atom. The minimum Gasteiger partial charge on any atom is -0.350 e. The third-order valence-corrected chi connectivity index (χ3v) is 2.95. The molecule has 19 heavy (non-hydrogen) atoms. The number of benzene rings is 2. The second-order valence-electron chi connectivity index (χ2n) is 3.98. The summed E-state index contributed by atoms with van der Waals surface area (Å²) in [6.45, 7) is 1.54. The van der Waals surface area contributed by atoms with Gasteiger partial charge in [0.05, 0.1) is 22.3 Å². The van der Waals surface area contributed by atoms with E-state index in [1.54, 1.807) is 6.92 Å². The van der Waals surface area contributed by atoms with E-state index in [4.69, 9.17) is 16.9 Å². The van der Waals surface area contributed by atoms with E-state index < -0.39 is 11.6 Å². The van der Waals surface area contributed by atoms with Gasteiger partial charge in [0, 0.05) is 0 Å². The van der Waals surface area contributed by atoms with Crippen molar-refractivity contribution in [3.05, 3.63) is 58.1 Å². The van der Waals surface area contributed by atoms with Crippen LogP contribution in [-0.2, 0) is 0 Å². The highest BCUT2D eigenvalue weighted by Gasteiger charge is 2.13. The predicted molar refractivity (Wildman–Crippen MR) is 70.5 cm³/mol. The average molecular weight is 279 g/mol. The van der Waals surface area contributed by atoms with Gasteiger partial charge in [-0.05, 0) is 36.8 Å². The molecular formula is C14H9ClF2N2. The number of aryl methyl sites for hydroxylation is 1. The number of nitrogens with zero attached hydrogens (tertiary/aromatic N) is 1. The largest absolute Gasteiger partial charge is 0.350 e. The van der Waals surface area contributed by atoms with E-state index in [0.717, 1.165) is 0 Å². The van der Waals surface area contributed by atoms with Crippen molar-refractivity contribution >= 4 is 23.0 Å². The van der Waals surface area contributed by atoms with Crippen molar-refractivity contribution in [2.24, 2.45) is 0 Å². The van der Waals surface area contributed by atoms with E-state index in [-0.39, 0.29) is 10.7 Å². The van der Waals surface area contributed by atoms with Gasteiger partial charge in [-0.3, -0.25) is 0 Å². The van der Waals surface area contributed by atoms with Gasteiger partial charge in [-0.15, -0.1) is 0 Å². The molecule has 0 amide bonds. The first kappa shape index (κ1) is 13.3. The van der Waals surface area contributed by atoms with Gasteiger partial charge in [0.1, 0.15) is 11.5 Å². The molecule has 0 unspecified atom stereocenters. The molecule has 0 fully saturated rings. The van der Waals surface area contributed by atoms with Crippen LogP contribution in [0, 0.1) is 29.9 Å². The maximum Gasteiger partial charge on any atom is 0.152 e. The van der Waals surface area contributed by atoms with Crippen LogP contribution in [0.2, 0.25) is 5.02 Å². The third-order valence-electron chi connectivity index (χ3n) is 2.64. The smallest absolute Gasteiger partial charge is 0.152 e. The second kappa shape index (κ2) is 5.25. The Morgan fingerprint density at radius 3 is 2.58 bits per heavy atom. The molecule has 2 aromatic carbocycles. The minimum absolute atomic E-state index is 0.222. The quantitative estimate of drug-likeness (QED) is 0.875. The zero-order valence-corrected chi connectivity index (χ0v) is 10.7. The molecule has 1 N–H and O–H groups in total. The fraction of sp³-hybridized carbons (Fsp3) is 0.0714. The summed E-state index contributed by atoms with van der Waals surface area (Å²) in [4.78, 5) is 0. The molecule has 0 aliphatic rings. The van der Waals surface area contributed by atoms with Crippen LogP contribution in [0.3, 0.4) is 0 Å². The van der Waals surface area contributed by atoms with Crippen molar-refractivity contribution in [2.45, 2.75) is 6.92 Å². The van der Waals surface area contributed by atoms with Gasteiger partial charge in [0.25, 0.3) is 0 Å². The third kappa shape index (κ3) is 2.67. The summed E-state index contributed by atoms with van der Waals surface area (Å²) in [6.07, 6.45) is 0. The molecule has 0 saturated heterocycles. The molecule has 0 aliphatic heterocycles. The molecule has 0 spiro atoms. The zero-order valence-electron chi connectivity index (χ0n) is 9.97. The van der Waals surface area contributed by atoms with Crippen LogP contribution in [0.15, 0.2) is 30.3 Å². The molecule has 2 rings (SSSR count). The first-order valence-corrected chi connectivity index (χ1v) is 5.82. The fourth-order valence-corrected chi connectivity index (χ4v) is 1.82. The van der Waals surface area contributed by atoms with Gasteiger partial charge < -0.3 is 5.32 Å². The minimum atomic E-state index is -0.705. The van der Waals surface area contributed by atoms with Crippen LogP contribution < -0.4 is 5.32 Å². The van der Waals surface area contributed by atoms with Crippen LogP contribution in [0.5, 0.6) is 0 Å². The molecule has 0 atom stereocenters. The highest BCUT2D eigenvalue weighted by atomic mass is 35.5. The molecule has 0 heterocycles. The number of nitrogens with one attached hydrogen (secondary N) is 1. The number of nitriles is 1. The Bertz CT molecular complexity index is 678. The molecule has 96 valence electrons. The Hall–Kier alpha value is -2.12. The Labute approximate surface area is 114 Å². The lowest BCUT2D eigenvalue weighted by atomic mass is 10.1. The maximum atomic E-state index is 13.8. The summed E-state index contributed by atoms with van der Waals surface area (Å²) >= 11 is 5.94. The van der Waals surface area contributed by atoms with E-state index in [1.807, 2.05) is 6.07 Å². The summed E-state index contributed by atoms with van der Waals surface area (Å²) in [6, 6.07) is 8.91. The van der Waals surface area contributed by atoms with Crippen LogP contribution in [0.25, 0.3) is 0 Å². The molecule has 2 aromatic rings.